The summed E-state index contributed by atoms with van der Waals surface area (Å²) in [6.45, 7) is 11.0. The number of piperidine rings is 1. The Morgan fingerprint density at radius 1 is 1.13 bits per heavy atom. The highest BCUT2D eigenvalue weighted by Gasteiger charge is 2.24. The average molecular weight is 327 g/mol. The van der Waals surface area contributed by atoms with Gasteiger partial charge in [0.15, 0.2) is 5.96 Å². The molecule has 1 aliphatic heterocycles. The molecule has 1 heterocycles. The molecule has 1 saturated heterocycles. The molecule has 136 valence electrons. The Kier molecular flexibility index (Phi) is 9.56. The van der Waals surface area contributed by atoms with E-state index in [0.717, 1.165) is 50.7 Å². The Bertz CT molecular complexity index is 332. The van der Waals surface area contributed by atoms with Crippen molar-refractivity contribution in [1.29, 1.82) is 0 Å². The fourth-order valence-corrected chi connectivity index (χ4v) is 3.29. The summed E-state index contributed by atoms with van der Waals surface area (Å²) >= 11 is 0. The Morgan fingerprint density at radius 2 is 1.74 bits per heavy atom. The molecule has 5 nitrogen and oxygen atoms in total. The normalized spacial score (nSPS) is 18.2. The quantitative estimate of drug-likeness (QED) is 0.449. The highest BCUT2D eigenvalue weighted by atomic mass is 16.3. The number of likely N-dealkylation sites (tertiary alicyclic amines) is 1. The van der Waals surface area contributed by atoms with E-state index in [1.807, 2.05) is 0 Å². The number of hydrogen-bond donors (Lipinski definition) is 3. The van der Waals surface area contributed by atoms with Crippen molar-refractivity contribution < 1.29 is 5.11 Å². The van der Waals surface area contributed by atoms with Gasteiger partial charge in [-0.15, -0.1) is 0 Å². The van der Waals surface area contributed by atoms with Gasteiger partial charge in [-0.25, -0.2) is 0 Å². The van der Waals surface area contributed by atoms with Crippen LogP contribution in [0.2, 0.25) is 0 Å². The van der Waals surface area contributed by atoms with Crippen molar-refractivity contribution in [2.24, 2.45) is 10.9 Å². The summed E-state index contributed by atoms with van der Waals surface area (Å²) in [6, 6.07) is 0. The number of nitrogens with zero attached hydrogens (tertiary/aromatic N) is 2. The molecule has 0 aromatic heterocycles. The maximum Gasteiger partial charge on any atom is 0.191 e. The van der Waals surface area contributed by atoms with E-state index < -0.39 is 5.60 Å². The molecule has 23 heavy (non-hydrogen) atoms. The third kappa shape index (κ3) is 8.02. The van der Waals surface area contributed by atoms with Crippen LogP contribution in [-0.4, -0.2) is 61.3 Å². The van der Waals surface area contributed by atoms with Crippen LogP contribution in [-0.2, 0) is 0 Å². The summed E-state index contributed by atoms with van der Waals surface area (Å²) in [6.07, 6.45) is 6.12. The second-order valence-electron chi connectivity index (χ2n) is 7.05. The molecule has 0 bridgehead atoms. The van der Waals surface area contributed by atoms with Gasteiger partial charge in [0.05, 0.1) is 12.1 Å². The molecule has 1 aliphatic rings. The number of aliphatic hydroxyl groups is 1. The minimum absolute atomic E-state index is 0.484. The minimum Gasteiger partial charge on any atom is -0.388 e. The van der Waals surface area contributed by atoms with Gasteiger partial charge >= 0.3 is 0 Å². The van der Waals surface area contributed by atoms with Crippen LogP contribution in [0.4, 0.5) is 0 Å². The molecular formula is C18H38N4O. The maximum absolute atomic E-state index is 10.7. The topological polar surface area (TPSA) is 59.9 Å². The minimum atomic E-state index is -0.653. The Hall–Kier alpha value is -0.810. The molecule has 0 aromatic carbocycles. The van der Waals surface area contributed by atoms with Gasteiger partial charge in [0.25, 0.3) is 0 Å². The summed E-state index contributed by atoms with van der Waals surface area (Å²) in [4.78, 5) is 7.05. The predicted molar refractivity (Wildman–Crippen MR) is 99.0 cm³/mol. The van der Waals surface area contributed by atoms with Crippen molar-refractivity contribution in [1.82, 2.24) is 15.5 Å². The van der Waals surface area contributed by atoms with Gasteiger partial charge in [-0.1, -0.05) is 26.7 Å². The predicted octanol–water partition coefficient (Wildman–Crippen LogP) is 2.21. The van der Waals surface area contributed by atoms with E-state index >= 15 is 0 Å². The summed E-state index contributed by atoms with van der Waals surface area (Å²) in [5.74, 6) is 1.57. The molecule has 5 heteroatoms. The van der Waals surface area contributed by atoms with Crippen LogP contribution in [0, 0.1) is 5.92 Å². The van der Waals surface area contributed by atoms with Crippen LogP contribution in [0.25, 0.3) is 0 Å². The van der Waals surface area contributed by atoms with Crippen molar-refractivity contribution in [3.63, 3.8) is 0 Å². The van der Waals surface area contributed by atoms with Gasteiger partial charge in [-0.2, -0.15) is 0 Å². The third-order valence-corrected chi connectivity index (χ3v) is 4.70. The largest absolute Gasteiger partial charge is 0.388 e. The fourth-order valence-electron chi connectivity index (χ4n) is 3.29. The van der Waals surface area contributed by atoms with E-state index in [1.54, 1.807) is 0 Å². The van der Waals surface area contributed by atoms with E-state index in [2.05, 4.69) is 48.3 Å². The molecule has 0 aliphatic carbocycles. The number of hydrogen-bond acceptors (Lipinski definition) is 3. The number of rotatable bonds is 9. The first-order chi connectivity index (χ1) is 11.0. The number of aliphatic imine (C=N–C) groups is 1. The maximum atomic E-state index is 10.7. The van der Waals surface area contributed by atoms with Crippen LogP contribution in [0.3, 0.4) is 0 Å². The standard InChI is InChI=1S/C18H38N4O/c1-5-10-18(23,11-6-2)15-21-17(19-7-3)20-14-16-8-12-22(4)13-9-16/h16,23H,5-15H2,1-4H3,(H2,19,20,21). The lowest BCUT2D eigenvalue weighted by molar-refractivity contribution is 0.0306. The smallest absolute Gasteiger partial charge is 0.191 e. The second kappa shape index (κ2) is 10.9. The Balaban J connectivity index is 2.51. The van der Waals surface area contributed by atoms with Crippen molar-refractivity contribution in [3.05, 3.63) is 0 Å². The van der Waals surface area contributed by atoms with Gasteiger partial charge in [0, 0.05) is 13.1 Å². The average Bonchev–Trinajstić information content (AvgIpc) is 2.52. The highest BCUT2D eigenvalue weighted by Crippen LogP contribution is 2.20. The molecular weight excluding hydrogens is 288 g/mol. The zero-order chi connectivity index (χ0) is 17.1. The molecule has 0 atom stereocenters. The molecule has 0 aromatic rings. The molecule has 3 N–H and O–H groups in total. The first kappa shape index (κ1) is 20.2. The first-order valence-corrected chi connectivity index (χ1v) is 9.46. The van der Waals surface area contributed by atoms with Crippen molar-refractivity contribution in [2.45, 2.75) is 64.9 Å². The zero-order valence-corrected chi connectivity index (χ0v) is 15.7. The van der Waals surface area contributed by atoms with Gasteiger partial charge in [0.2, 0.25) is 0 Å². The van der Waals surface area contributed by atoms with Crippen LogP contribution in [0.15, 0.2) is 4.99 Å². The van der Waals surface area contributed by atoms with Crippen LogP contribution >= 0.6 is 0 Å². The van der Waals surface area contributed by atoms with Gasteiger partial charge in [-0.3, -0.25) is 4.99 Å². The third-order valence-electron chi connectivity index (χ3n) is 4.70. The van der Waals surface area contributed by atoms with Gasteiger partial charge in [0.1, 0.15) is 0 Å². The van der Waals surface area contributed by atoms with E-state index in [-0.39, 0.29) is 0 Å². The van der Waals surface area contributed by atoms with Gasteiger partial charge in [-0.05, 0) is 58.7 Å². The SMILES string of the molecule is CCCC(O)(CCC)CN=C(NCC)NCC1CCN(C)CC1. The number of guanidine groups is 1. The van der Waals surface area contributed by atoms with Crippen molar-refractivity contribution >= 4 is 5.96 Å². The van der Waals surface area contributed by atoms with Crippen molar-refractivity contribution in [2.75, 3.05) is 39.8 Å². The molecule has 1 rings (SSSR count). The molecule has 0 spiro atoms. The summed E-state index contributed by atoms with van der Waals surface area (Å²) in [7, 11) is 2.19. The fraction of sp³-hybridized carbons (Fsp3) is 0.944. The van der Waals surface area contributed by atoms with E-state index in [0.29, 0.717) is 6.54 Å². The van der Waals surface area contributed by atoms with E-state index in [1.165, 1.54) is 25.9 Å². The molecule has 0 unspecified atom stereocenters. The Labute approximate surface area is 142 Å². The second-order valence-corrected chi connectivity index (χ2v) is 7.05. The summed E-state index contributed by atoms with van der Waals surface area (Å²) in [5.41, 5.74) is -0.653. The molecule has 1 fully saturated rings. The molecule has 0 radical (unpaired) electrons. The van der Waals surface area contributed by atoms with E-state index in [4.69, 9.17) is 0 Å². The molecule has 0 amide bonds. The first-order valence-electron chi connectivity index (χ1n) is 9.46. The van der Waals surface area contributed by atoms with Gasteiger partial charge < -0.3 is 20.6 Å². The lowest BCUT2D eigenvalue weighted by Gasteiger charge is -2.29. The summed E-state index contributed by atoms with van der Waals surface area (Å²) < 4.78 is 0. The monoisotopic (exact) mass is 326 g/mol. The van der Waals surface area contributed by atoms with E-state index in [9.17, 15) is 5.11 Å². The zero-order valence-electron chi connectivity index (χ0n) is 15.7. The molecule has 0 saturated carbocycles. The van der Waals surface area contributed by atoms with Crippen LogP contribution < -0.4 is 10.6 Å². The lowest BCUT2D eigenvalue weighted by atomic mass is 9.93. The number of nitrogens with one attached hydrogen (secondary N) is 2. The lowest BCUT2D eigenvalue weighted by Crippen LogP contribution is -2.43. The van der Waals surface area contributed by atoms with Crippen LogP contribution in [0.1, 0.15) is 59.3 Å². The van der Waals surface area contributed by atoms with Crippen molar-refractivity contribution in [3.8, 4) is 0 Å². The Morgan fingerprint density at radius 3 is 2.26 bits per heavy atom. The summed E-state index contributed by atoms with van der Waals surface area (Å²) in [5, 5.41) is 17.5. The van der Waals surface area contributed by atoms with Crippen LogP contribution in [0.5, 0.6) is 0 Å². The highest BCUT2D eigenvalue weighted by molar-refractivity contribution is 5.79.